The van der Waals surface area contributed by atoms with Crippen molar-refractivity contribution in [2.24, 2.45) is 10.9 Å². The number of nitrogens with one attached hydrogen (secondary N) is 2. The molecule has 144 valence electrons. The Morgan fingerprint density at radius 2 is 1.93 bits per heavy atom. The zero-order valence-corrected chi connectivity index (χ0v) is 16.7. The summed E-state index contributed by atoms with van der Waals surface area (Å²) in [6.45, 7) is 6.50. The molecule has 5 heteroatoms. The van der Waals surface area contributed by atoms with Crippen molar-refractivity contribution in [2.75, 3.05) is 19.7 Å². The molecule has 0 saturated carbocycles. The average molecular weight is 386 g/mol. The summed E-state index contributed by atoms with van der Waals surface area (Å²) in [7, 11) is 0. The number of benzene rings is 2. The summed E-state index contributed by atoms with van der Waals surface area (Å²) >= 11 is 6.33. The zero-order valence-electron chi connectivity index (χ0n) is 16.0. The van der Waals surface area contributed by atoms with Crippen molar-refractivity contribution in [2.45, 2.75) is 32.4 Å². The lowest BCUT2D eigenvalue weighted by molar-refractivity contribution is 0.0925. The minimum absolute atomic E-state index is 0.0706. The van der Waals surface area contributed by atoms with Gasteiger partial charge in [0.05, 0.1) is 12.1 Å². The molecule has 1 aliphatic heterocycles. The number of hydrogen-bond acceptors (Lipinski definition) is 2. The third kappa shape index (κ3) is 5.24. The third-order valence-electron chi connectivity index (χ3n) is 4.90. The van der Waals surface area contributed by atoms with Crippen LogP contribution in [0.3, 0.4) is 0 Å². The Morgan fingerprint density at radius 1 is 1.19 bits per heavy atom. The van der Waals surface area contributed by atoms with Gasteiger partial charge in [-0.3, -0.25) is 4.99 Å². The van der Waals surface area contributed by atoms with E-state index < -0.39 is 0 Å². The molecular formula is C22H28ClN3O. The predicted octanol–water partition coefficient (Wildman–Crippen LogP) is 4.73. The normalized spacial score (nSPS) is 21.1. The minimum Gasteiger partial charge on any atom is -0.373 e. The highest BCUT2D eigenvalue weighted by Gasteiger charge is 2.29. The van der Waals surface area contributed by atoms with Crippen molar-refractivity contribution in [1.82, 2.24) is 10.6 Å². The number of aliphatic imine (C=N–C) groups is 1. The molecule has 0 aromatic heterocycles. The lowest BCUT2D eigenvalue weighted by Gasteiger charge is -2.21. The van der Waals surface area contributed by atoms with E-state index >= 15 is 0 Å². The summed E-state index contributed by atoms with van der Waals surface area (Å²) in [6, 6.07) is 18.4. The molecule has 2 aromatic rings. The van der Waals surface area contributed by atoms with Crippen LogP contribution in [0.15, 0.2) is 59.6 Å². The summed E-state index contributed by atoms with van der Waals surface area (Å²) in [5.41, 5.74) is 2.30. The highest BCUT2D eigenvalue weighted by molar-refractivity contribution is 6.31. The van der Waals surface area contributed by atoms with Gasteiger partial charge in [-0.05, 0) is 37.5 Å². The van der Waals surface area contributed by atoms with Crippen LogP contribution in [0, 0.1) is 5.92 Å². The molecule has 0 amide bonds. The summed E-state index contributed by atoms with van der Waals surface area (Å²) in [6.07, 6.45) is 1.15. The maximum absolute atomic E-state index is 6.33. The fraction of sp³-hybridized carbons (Fsp3) is 0.409. The van der Waals surface area contributed by atoms with Crippen molar-refractivity contribution in [3.63, 3.8) is 0 Å². The highest BCUT2D eigenvalue weighted by Crippen LogP contribution is 2.34. The van der Waals surface area contributed by atoms with Crippen molar-refractivity contribution in [1.29, 1.82) is 0 Å². The number of ether oxygens (including phenoxy) is 1. The molecular weight excluding hydrogens is 358 g/mol. The molecule has 1 heterocycles. The van der Waals surface area contributed by atoms with Gasteiger partial charge in [-0.25, -0.2) is 0 Å². The van der Waals surface area contributed by atoms with Gasteiger partial charge in [-0.1, -0.05) is 60.1 Å². The second-order valence-electron chi connectivity index (χ2n) is 6.86. The van der Waals surface area contributed by atoms with Crippen LogP contribution in [0.4, 0.5) is 0 Å². The van der Waals surface area contributed by atoms with Gasteiger partial charge in [0.2, 0.25) is 0 Å². The van der Waals surface area contributed by atoms with Crippen LogP contribution in [-0.4, -0.2) is 25.7 Å². The Labute approximate surface area is 167 Å². The average Bonchev–Trinajstić information content (AvgIpc) is 3.16. The van der Waals surface area contributed by atoms with Crippen LogP contribution in [0.5, 0.6) is 0 Å². The van der Waals surface area contributed by atoms with Gasteiger partial charge >= 0.3 is 0 Å². The lowest BCUT2D eigenvalue weighted by Crippen LogP contribution is -2.39. The molecule has 1 aliphatic rings. The first-order valence-corrected chi connectivity index (χ1v) is 10.0. The summed E-state index contributed by atoms with van der Waals surface area (Å²) in [5, 5.41) is 7.57. The molecule has 0 spiro atoms. The highest BCUT2D eigenvalue weighted by atomic mass is 35.5. The summed E-state index contributed by atoms with van der Waals surface area (Å²) in [5.74, 6) is 1.20. The number of nitrogens with zero attached hydrogens (tertiary/aromatic N) is 1. The van der Waals surface area contributed by atoms with E-state index in [0.29, 0.717) is 5.92 Å². The SMILES string of the molecule is CCNC(=NCC1CCOC1c1ccccc1)NC(C)c1ccccc1Cl. The van der Waals surface area contributed by atoms with Gasteiger partial charge in [0, 0.05) is 30.6 Å². The van der Waals surface area contributed by atoms with Crippen LogP contribution < -0.4 is 10.6 Å². The van der Waals surface area contributed by atoms with Crippen LogP contribution in [0.25, 0.3) is 0 Å². The minimum atomic E-state index is 0.0706. The molecule has 2 N–H and O–H groups in total. The first kappa shape index (κ1) is 19.7. The van der Waals surface area contributed by atoms with Crippen LogP contribution >= 0.6 is 11.6 Å². The molecule has 0 aliphatic carbocycles. The Morgan fingerprint density at radius 3 is 2.67 bits per heavy atom. The summed E-state index contributed by atoms with van der Waals surface area (Å²) in [4.78, 5) is 4.84. The molecule has 1 saturated heterocycles. The standard InChI is InChI=1S/C22H28ClN3O/c1-3-24-22(26-16(2)19-11-7-8-12-20(19)23)25-15-18-13-14-27-21(18)17-9-5-4-6-10-17/h4-12,16,18,21H,3,13-15H2,1-2H3,(H2,24,25,26). The number of guanidine groups is 1. The van der Waals surface area contributed by atoms with Crippen LogP contribution in [0.1, 0.15) is 43.5 Å². The van der Waals surface area contributed by atoms with E-state index in [1.54, 1.807) is 0 Å². The monoisotopic (exact) mass is 385 g/mol. The van der Waals surface area contributed by atoms with E-state index in [-0.39, 0.29) is 12.1 Å². The van der Waals surface area contributed by atoms with Gasteiger partial charge < -0.3 is 15.4 Å². The maximum Gasteiger partial charge on any atom is 0.191 e. The summed E-state index contributed by atoms with van der Waals surface area (Å²) < 4.78 is 5.98. The molecule has 4 nitrogen and oxygen atoms in total. The molecule has 3 atom stereocenters. The molecule has 0 bridgehead atoms. The van der Waals surface area contributed by atoms with Crippen LogP contribution in [-0.2, 0) is 4.74 Å². The number of rotatable bonds is 6. The van der Waals surface area contributed by atoms with E-state index in [9.17, 15) is 0 Å². The molecule has 0 radical (unpaired) electrons. The van der Waals surface area contributed by atoms with Crippen LogP contribution in [0.2, 0.25) is 5.02 Å². The second-order valence-corrected chi connectivity index (χ2v) is 7.27. The second kappa shape index (κ2) is 9.77. The first-order valence-electron chi connectivity index (χ1n) is 9.65. The van der Waals surface area contributed by atoms with Crippen molar-refractivity contribution >= 4 is 17.6 Å². The molecule has 3 rings (SSSR count). The molecule has 1 fully saturated rings. The Hall–Kier alpha value is -2.04. The van der Waals surface area contributed by atoms with Gasteiger partial charge in [0.25, 0.3) is 0 Å². The fourth-order valence-corrected chi connectivity index (χ4v) is 3.77. The molecule has 27 heavy (non-hydrogen) atoms. The van der Waals surface area contributed by atoms with E-state index in [2.05, 4.69) is 48.7 Å². The van der Waals surface area contributed by atoms with E-state index in [1.807, 2.05) is 30.3 Å². The lowest BCUT2D eigenvalue weighted by atomic mass is 9.95. The Bertz CT molecular complexity index is 750. The van der Waals surface area contributed by atoms with Gasteiger partial charge in [0.1, 0.15) is 0 Å². The topological polar surface area (TPSA) is 45.7 Å². The quantitative estimate of drug-likeness (QED) is 0.558. The van der Waals surface area contributed by atoms with E-state index in [4.69, 9.17) is 21.3 Å². The predicted molar refractivity (Wildman–Crippen MR) is 112 cm³/mol. The van der Waals surface area contributed by atoms with Crippen molar-refractivity contribution in [3.8, 4) is 0 Å². The van der Waals surface area contributed by atoms with E-state index in [1.165, 1.54) is 5.56 Å². The zero-order chi connectivity index (χ0) is 19.1. The van der Waals surface area contributed by atoms with Gasteiger partial charge in [-0.15, -0.1) is 0 Å². The number of halogens is 1. The first-order chi connectivity index (χ1) is 13.2. The van der Waals surface area contributed by atoms with Gasteiger partial charge in [0.15, 0.2) is 5.96 Å². The molecule has 3 unspecified atom stereocenters. The van der Waals surface area contributed by atoms with Crippen molar-refractivity contribution in [3.05, 3.63) is 70.7 Å². The number of hydrogen-bond donors (Lipinski definition) is 2. The largest absolute Gasteiger partial charge is 0.373 e. The Kier molecular flexibility index (Phi) is 7.13. The smallest absolute Gasteiger partial charge is 0.191 e. The van der Waals surface area contributed by atoms with Crippen molar-refractivity contribution < 1.29 is 4.74 Å². The van der Waals surface area contributed by atoms with E-state index in [0.717, 1.165) is 42.7 Å². The third-order valence-corrected chi connectivity index (χ3v) is 5.24. The Balaban J connectivity index is 1.67. The fourth-order valence-electron chi connectivity index (χ4n) is 3.47. The molecule has 2 aromatic carbocycles. The maximum atomic E-state index is 6.33. The van der Waals surface area contributed by atoms with Gasteiger partial charge in [-0.2, -0.15) is 0 Å².